The van der Waals surface area contributed by atoms with Gasteiger partial charge in [-0.1, -0.05) is 13.8 Å². The van der Waals surface area contributed by atoms with Gasteiger partial charge < -0.3 is 14.8 Å². The highest BCUT2D eigenvalue weighted by Crippen LogP contribution is 2.28. The number of ether oxygens (including phenoxy) is 2. The molecule has 1 N–H and O–H groups in total. The number of methoxy groups -OCH3 is 1. The van der Waals surface area contributed by atoms with E-state index in [2.05, 4.69) is 19.2 Å². The van der Waals surface area contributed by atoms with Crippen molar-refractivity contribution in [2.24, 2.45) is 5.41 Å². The molecule has 0 saturated heterocycles. The summed E-state index contributed by atoms with van der Waals surface area (Å²) in [6.45, 7) is 8.13. The lowest BCUT2D eigenvalue weighted by molar-refractivity contribution is 0.0638. The van der Waals surface area contributed by atoms with E-state index in [1.807, 2.05) is 0 Å². The molecule has 1 rings (SSSR count). The van der Waals surface area contributed by atoms with Crippen molar-refractivity contribution in [1.29, 1.82) is 0 Å². The molecule has 17 heavy (non-hydrogen) atoms. The maximum Gasteiger partial charge on any atom is 0.0700 e. The molecule has 0 radical (unpaired) electrons. The van der Waals surface area contributed by atoms with Crippen LogP contribution < -0.4 is 5.32 Å². The van der Waals surface area contributed by atoms with Crippen LogP contribution in [0.3, 0.4) is 0 Å². The summed E-state index contributed by atoms with van der Waals surface area (Å²) in [5, 5.41) is 3.65. The summed E-state index contributed by atoms with van der Waals surface area (Å²) < 4.78 is 10.5. The predicted octanol–water partition coefficient (Wildman–Crippen LogP) is 2.60. The summed E-state index contributed by atoms with van der Waals surface area (Å²) in [5.74, 6) is 0. The van der Waals surface area contributed by atoms with Crippen LogP contribution in [-0.4, -0.2) is 39.5 Å². The molecule has 1 fully saturated rings. The number of rotatable bonds is 11. The fourth-order valence-electron chi connectivity index (χ4n) is 1.91. The highest BCUT2D eigenvalue weighted by molar-refractivity contribution is 4.85. The fourth-order valence-corrected chi connectivity index (χ4v) is 1.91. The zero-order valence-electron chi connectivity index (χ0n) is 11.8. The average molecular weight is 243 g/mol. The van der Waals surface area contributed by atoms with Gasteiger partial charge in [0, 0.05) is 26.3 Å². The van der Waals surface area contributed by atoms with Gasteiger partial charge in [-0.2, -0.15) is 0 Å². The quantitative estimate of drug-likeness (QED) is 0.566. The van der Waals surface area contributed by atoms with Crippen LogP contribution in [0.1, 0.15) is 46.0 Å². The summed E-state index contributed by atoms with van der Waals surface area (Å²) in [6.07, 6.45) is 6.39. The summed E-state index contributed by atoms with van der Waals surface area (Å²) in [7, 11) is 1.71. The average Bonchev–Trinajstić information content (AvgIpc) is 3.15. The summed E-state index contributed by atoms with van der Waals surface area (Å²) in [4.78, 5) is 0. The molecule has 0 aromatic heterocycles. The van der Waals surface area contributed by atoms with E-state index in [1.54, 1.807) is 7.11 Å². The van der Waals surface area contributed by atoms with Crippen molar-refractivity contribution in [3.8, 4) is 0 Å². The first kappa shape index (κ1) is 14.9. The van der Waals surface area contributed by atoms with Gasteiger partial charge in [-0.15, -0.1) is 0 Å². The summed E-state index contributed by atoms with van der Waals surface area (Å²) in [5.41, 5.74) is 0.438. The van der Waals surface area contributed by atoms with E-state index in [-0.39, 0.29) is 0 Å². The molecule has 1 aliphatic carbocycles. The molecule has 3 heteroatoms. The predicted molar refractivity (Wildman–Crippen MR) is 71.4 cm³/mol. The van der Waals surface area contributed by atoms with Crippen molar-refractivity contribution in [2.75, 3.05) is 33.5 Å². The van der Waals surface area contributed by atoms with Crippen LogP contribution in [0.5, 0.6) is 0 Å². The Morgan fingerprint density at radius 2 is 2.00 bits per heavy atom. The van der Waals surface area contributed by atoms with Crippen molar-refractivity contribution in [3.05, 3.63) is 0 Å². The first-order valence-corrected chi connectivity index (χ1v) is 7.00. The van der Waals surface area contributed by atoms with Crippen molar-refractivity contribution in [1.82, 2.24) is 5.32 Å². The molecule has 0 spiro atoms. The second-order valence-electron chi connectivity index (χ2n) is 5.53. The Labute approximate surface area is 106 Å². The molecule has 1 aliphatic rings. The van der Waals surface area contributed by atoms with Crippen LogP contribution in [0.2, 0.25) is 0 Å². The molecular formula is C14H29NO2. The van der Waals surface area contributed by atoms with E-state index in [1.165, 1.54) is 25.7 Å². The molecule has 0 heterocycles. The third-order valence-electron chi connectivity index (χ3n) is 3.75. The zero-order valence-corrected chi connectivity index (χ0v) is 11.8. The molecule has 102 valence electrons. The van der Waals surface area contributed by atoms with E-state index in [0.29, 0.717) is 12.0 Å². The van der Waals surface area contributed by atoms with Crippen molar-refractivity contribution < 1.29 is 9.47 Å². The van der Waals surface area contributed by atoms with Gasteiger partial charge in [0.15, 0.2) is 0 Å². The van der Waals surface area contributed by atoms with Crippen LogP contribution in [0.15, 0.2) is 0 Å². The molecule has 0 amide bonds. The highest BCUT2D eigenvalue weighted by Gasteiger charge is 2.26. The first-order valence-electron chi connectivity index (χ1n) is 7.00. The SMILES string of the molecule is CCC(C)(CCCOCCOC)CNC1CC1. The van der Waals surface area contributed by atoms with E-state index in [4.69, 9.17) is 9.47 Å². The Bertz CT molecular complexity index is 195. The van der Waals surface area contributed by atoms with Gasteiger partial charge in [-0.05, 0) is 37.5 Å². The molecule has 0 aromatic rings. The normalized spacial score (nSPS) is 19.2. The fraction of sp³-hybridized carbons (Fsp3) is 1.00. The van der Waals surface area contributed by atoms with Crippen molar-refractivity contribution in [3.63, 3.8) is 0 Å². The summed E-state index contributed by atoms with van der Waals surface area (Å²) >= 11 is 0. The molecular weight excluding hydrogens is 214 g/mol. The van der Waals surface area contributed by atoms with Crippen molar-refractivity contribution in [2.45, 2.75) is 52.0 Å². The lowest BCUT2D eigenvalue weighted by Crippen LogP contribution is -2.33. The van der Waals surface area contributed by atoms with Crippen LogP contribution in [0.4, 0.5) is 0 Å². The minimum atomic E-state index is 0.438. The number of nitrogens with one attached hydrogen (secondary N) is 1. The molecule has 1 unspecified atom stereocenters. The Morgan fingerprint density at radius 3 is 2.59 bits per heavy atom. The van der Waals surface area contributed by atoms with E-state index >= 15 is 0 Å². The maximum atomic E-state index is 5.51. The van der Waals surface area contributed by atoms with Gasteiger partial charge >= 0.3 is 0 Å². The lowest BCUT2D eigenvalue weighted by atomic mass is 9.83. The largest absolute Gasteiger partial charge is 0.382 e. The van der Waals surface area contributed by atoms with Crippen LogP contribution in [-0.2, 0) is 9.47 Å². The van der Waals surface area contributed by atoms with Gasteiger partial charge in [0.25, 0.3) is 0 Å². The van der Waals surface area contributed by atoms with Gasteiger partial charge in [0.2, 0.25) is 0 Å². The standard InChI is InChI=1S/C14H29NO2/c1-4-14(2,12-15-13-6-7-13)8-5-9-17-11-10-16-3/h13,15H,4-12H2,1-3H3. The van der Waals surface area contributed by atoms with Gasteiger partial charge in [0.1, 0.15) is 0 Å². The zero-order chi connectivity index (χ0) is 12.6. The summed E-state index contributed by atoms with van der Waals surface area (Å²) in [6, 6.07) is 0.818. The van der Waals surface area contributed by atoms with E-state index in [9.17, 15) is 0 Å². The number of hydrogen-bond donors (Lipinski definition) is 1. The second kappa shape index (κ2) is 8.06. The van der Waals surface area contributed by atoms with E-state index in [0.717, 1.165) is 32.2 Å². The minimum absolute atomic E-state index is 0.438. The lowest BCUT2D eigenvalue weighted by Gasteiger charge is -2.28. The van der Waals surface area contributed by atoms with Gasteiger partial charge in [-0.3, -0.25) is 0 Å². The Hall–Kier alpha value is -0.120. The van der Waals surface area contributed by atoms with Crippen LogP contribution in [0.25, 0.3) is 0 Å². The van der Waals surface area contributed by atoms with Gasteiger partial charge in [-0.25, -0.2) is 0 Å². The molecule has 0 aromatic carbocycles. The molecule has 3 nitrogen and oxygen atoms in total. The molecule has 1 saturated carbocycles. The third-order valence-corrected chi connectivity index (χ3v) is 3.75. The first-order chi connectivity index (χ1) is 8.20. The minimum Gasteiger partial charge on any atom is -0.382 e. The van der Waals surface area contributed by atoms with Gasteiger partial charge in [0.05, 0.1) is 13.2 Å². The molecule has 0 bridgehead atoms. The number of hydrogen-bond acceptors (Lipinski definition) is 3. The Kier molecular flexibility index (Phi) is 7.09. The smallest absolute Gasteiger partial charge is 0.0700 e. The highest BCUT2D eigenvalue weighted by atomic mass is 16.5. The molecule has 0 aliphatic heterocycles. The third kappa shape index (κ3) is 7.02. The van der Waals surface area contributed by atoms with Crippen molar-refractivity contribution >= 4 is 0 Å². The van der Waals surface area contributed by atoms with Crippen LogP contribution >= 0.6 is 0 Å². The second-order valence-corrected chi connectivity index (χ2v) is 5.53. The Balaban J connectivity index is 2.03. The molecule has 1 atom stereocenters. The van der Waals surface area contributed by atoms with E-state index < -0.39 is 0 Å². The monoisotopic (exact) mass is 243 g/mol. The maximum absolute atomic E-state index is 5.51. The topological polar surface area (TPSA) is 30.5 Å². The van der Waals surface area contributed by atoms with Crippen LogP contribution in [0, 0.1) is 5.41 Å². The Morgan fingerprint density at radius 1 is 1.24 bits per heavy atom.